The van der Waals surface area contributed by atoms with Crippen LogP contribution in [-0.2, 0) is 20.9 Å². The summed E-state index contributed by atoms with van der Waals surface area (Å²) in [7, 11) is 1.35. The summed E-state index contributed by atoms with van der Waals surface area (Å²) in [6, 6.07) is 7.67. The van der Waals surface area contributed by atoms with E-state index in [0.29, 0.717) is 13.1 Å². The molecular formula is C16H21NO4. The van der Waals surface area contributed by atoms with Crippen molar-refractivity contribution in [2.24, 2.45) is 5.92 Å². The van der Waals surface area contributed by atoms with Crippen molar-refractivity contribution in [1.29, 1.82) is 0 Å². The normalized spacial score (nSPS) is 18.2. The molecule has 0 spiro atoms. The maximum absolute atomic E-state index is 11.9. The summed E-state index contributed by atoms with van der Waals surface area (Å²) in [6.07, 6.45) is 0.373. The zero-order valence-corrected chi connectivity index (χ0v) is 12.7. The van der Waals surface area contributed by atoms with Gasteiger partial charge >= 0.3 is 5.97 Å². The van der Waals surface area contributed by atoms with Gasteiger partial charge in [-0.05, 0) is 31.5 Å². The van der Waals surface area contributed by atoms with Crippen LogP contribution in [0.3, 0.4) is 0 Å². The number of benzene rings is 1. The number of esters is 1. The fourth-order valence-corrected chi connectivity index (χ4v) is 2.42. The summed E-state index contributed by atoms with van der Waals surface area (Å²) in [5.41, 5.74) is 1.02. The molecule has 114 valence electrons. The minimum atomic E-state index is -0.342. The summed E-state index contributed by atoms with van der Waals surface area (Å²) in [6.45, 7) is 4.89. The molecule has 1 unspecified atom stereocenters. The number of ether oxygens (including phenoxy) is 2. The van der Waals surface area contributed by atoms with E-state index in [4.69, 9.17) is 9.47 Å². The number of methoxy groups -OCH3 is 1. The van der Waals surface area contributed by atoms with Crippen LogP contribution in [0.4, 0.5) is 0 Å². The van der Waals surface area contributed by atoms with Crippen LogP contribution >= 0.6 is 0 Å². The topological polar surface area (TPSA) is 55.8 Å². The first-order chi connectivity index (χ1) is 9.99. The Morgan fingerprint density at radius 3 is 2.57 bits per heavy atom. The fourth-order valence-electron chi connectivity index (χ4n) is 2.42. The van der Waals surface area contributed by atoms with Crippen LogP contribution in [0.15, 0.2) is 24.3 Å². The minimum absolute atomic E-state index is 0.00657. The van der Waals surface area contributed by atoms with E-state index in [1.807, 2.05) is 38.1 Å². The predicted octanol–water partition coefficient (Wildman–Crippen LogP) is 2.00. The average Bonchev–Trinajstić information content (AvgIpc) is 2.81. The Morgan fingerprint density at radius 2 is 2.00 bits per heavy atom. The number of hydrogen-bond donors (Lipinski definition) is 0. The molecular weight excluding hydrogens is 270 g/mol. The van der Waals surface area contributed by atoms with E-state index in [-0.39, 0.29) is 30.3 Å². The molecule has 1 aliphatic heterocycles. The van der Waals surface area contributed by atoms with Crippen LogP contribution in [0, 0.1) is 5.92 Å². The second kappa shape index (κ2) is 6.61. The van der Waals surface area contributed by atoms with E-state index in [1.54, 1.807) is 4.90 Å². The minimum Gasteiger partial charge on any atom is -0.491 e. The molecule has 0 radical (unpaired) electrons. The lowest BCUT2D eigenvalue weighted by Crippen LogP contribution is -2.26. The summed E-state index contributed by atoms with van der Waals surface area (Å²) in [4.78, 5) is 25.1. The van der Waals surface area contributed by atoms with Crippen molar-refractivity contribution in [3.05, 3.63) is 29.8 Å². The standard InChI is InChI=1S/C16H21NO4/c1-11(2)21-14-6-4-12(5-7-14)9-17-10-13(8-15(17)18)16(19)20-3/h4-7,11,13H,8-10H2,1-3H3. The van der Waals surface area contributed by atoms with Gasteiger partial charge in [0, 0.05) is 19.5 Å². The Balaban J connectivity index is 1.95. The molecule has 0 saturated carbocycles. The molecule has 1 heterocycles. The molecule has 0 N–H and O–H groups in total. The van der Waals surface area contributed by atoms with Crippen LogP contribution in [0.5, 0.6) is 5.75 Å². The zero-order chi connectivity index (χ0) is 15.4. The van der Waals surface area contributed by atoms with Crippen molar-refractivity contribution in [2.45, 2.75) is 32.9 Å². The third-order valence-electron chi connectivity index (χ3n) is 3.42. The van der Waals surface area contributed by atoms with Gasteiger partial charge in [0.1, 0.15) is 5.75 Å². The molecule has 5 heteroatoms. The molecule has 1 saturated heterocycles. The average molecular weight is 291 g/mol. The highest BCUT2D eigenvalue weighted by Gasteiger charge is 2.34. The molecule has 1 atom stereocenters. The lowest BCUT2D eigenvalue weighted by atomic mass is 10.1. The van der Waals surface area contributed by atoms with Gasteiger partial charge in [0.25, 0.3) is 0 Å². The second-order valence-electron chi connectivity index (χ2n) is 5.51. The van der Waals surface area contributed by atoms with Gasteiger partial charge in [-0.1, -0.05) is 12.1 Å². The molecule has 1 aromatic rings. The van der Waals surface area contributed by atoms with Gasteiger partial charge in [-0.3, -0.25) is 9.59 Å². The fraction of sp³-hybridized carbons (Fsp3) is 0.500. The van der Waals surface area contributed by atoms with Crippen molar-refractivity contribution in [3.63, 3.8) is 0 Å². The number of carbonyl (C=O) groups is 2. The van der Waals surface area contributed by atoms with E-state index >= 15 is 0 Å². The number of hydrogen-bond acceptors (Lipinski definition) is 4. The van der Waals surface area contributed by atoms with E-state index in [0.717, 1.165) is 11.3 Å². The van der Waals surface area contributed by atoms with Crippen LogP contribution in [-0.4, -0.2) is 36.5 Å². The summed E-state index contributed by atoms with van der Waals surface area (Å²) in [5.74, 6) is 0.152. The monoisotopic (exact) mass is 291 g/mol. The summed E-state index contributed by atoms with van der Waals surface area (Å²) >= 11 is 0. The summed E-state index contributed by atoms with van der Waals surface area (Å²) < 4.78 is 10.3. The van der Waals surface area contributed by atoms with Gasteiger partial charge in [0.05, 0.1) is 19.1 Å². The third kappa shape index (κ3) is 3.97. The first-order valence-electron chi connectivity index (χ1n) is 7.10. The highest BCUT2D eigenvalue weighted by Crippen LogP contribution is 2.22. The molecule has 0 aliphatic carbocycles. The Bertz CT molecular complexity index is 510. The van der Waals surface area contributed by atoms with E-state index in [9.17, 15) is 9.59 Å². The lowest BCUT2D eigenvalue weighted by Gasteiger charge is -2.17. The van der Waals surface area contributed by atoms with E-state index in [1.165, 1.54) is 7.11 Å². The lowest BCUT2D eigenvalue weighted by molar-refractivity contribution is -0.145. The number of rotatable bonds is 5. The number of amides is 1. The number of nitrogens with zero attached hydrogens (tertiary/aromatic N) is 1. The Labute approximate surface area is 124 Å². The van der Waals surface area contributed by atoms with Crippen molar-refractivity contribution >= 4 is 11.9 Å². The van der Waals surface area contributed by atoms with Gasteiger partial charge in [0.15, 0.2) is 0 Å². The molecule has 0 bridgehead atoms. The molecule has 1 fully saturated rings. The van der Waals surface area contributed by atoms with Crippen LogP contribution < -0.4 is 4.74 Å². The maximum atomic E-state index is 11.9. The van der Waals surface area contributed by atoms with Crippen molar-refractivity contribution in [1.82, 2.24) is 4.90 Å². The molecule has 1 amide bonds. The second-order valence-corrected chi connectivity index (χ2v) is 5.51. The van der Waals surface area contributed by atoms with Gasteiger partial charge in [-0.25, -0.2) is 0 Å². The molecule has 5 nitrogen and oxygen atoms in total. The Hall–Kier alpha value is -2.04. The van der Waals surface area contributed by atoms with Gasteiger partial charge in [-0.2, -0.15) is 0 Å². The highest BCUT2D eigenvalue weighted by molar-refractivity contribution is 5.86. The molecule has 1 aromatic carbocycles. The first kappa shape index (κ1) is 15.4. The molecule has 1 aliphatic rings. The van der Waals surface area contributed by atoms with Gasteiger partial charge in [0.2, 0.25) is 5.91 Å². The molecule has 2 rings (SSSR count). The Kier molecular flexibility index (Phi) is 4.83. The summed E-state index contributed by atoms with van der Waals surface area (Å²) in [5, 5.41) is 0. The smallest absolute Gasteiger partial charge is 0.310 e. The van der Waals surface area contributed by atoms with E-state index < -0.39 is 0 Å². The Morgan fingerprint density at radius 1 is 1.33 bits per heavy atom. The maximum Gasteiger partial charge on any atom is 0.310 e. The van der Waals surface area contributed by atoms with Crippen molar-refractivity contribution < 1.29 is 19.1 Å². The van der Waals surface area contributed by atoms with Crippen molar-refractivity contribution in [2.75, 3.05) is 13.7 Å². The zero-order valence-electron chi connectivity index (χ0n) is 12.7. The first-order valence-corrected chi connectivity index (χ1v) is 7.10. The predicted molar refractivity (Wildman–Crippen MR) is 77.7 cm³/mol. The SMILES string of the molecule is COC(=O)C1CC(=O)N(Cc2ccc(OC(C)C)cc2)C1. The third-order valence-corrected chi connectivity index (χ3v) is 3.42. The highest BCUT2D eigenvalue weighted by atomic mass is 16.5. The van der Waals surface area contributed by atoms with Crippen LogP contribution in [0.25, 0.3) is 0 Å². The van der Waals surface area contributed by atoms with E-state index in [2.05, 4.69) is 0 Å². The van der Waals surface area contributed by atoms with Crippen LogP contribution in [0.2, 0.25) is 0 Å². The molecule has 0 aromatic heterocycles. The van der Waals surface area contributed by atoms with Crippen LogP contribution in [0.1, 0.15) is 25.8 Å². The molecule has 21 heavy (non-hydrogen) atoms. The van der Waals surface area contributed by atoms with Gasteiger partial charge < -0.3 is 14.4 Å². The quantitative estimate of drug-likeness (QED) is 0.779. The number of carbonyl (C=O) groups excluding carboxylic acids is 2. The van der Waals surface area contributed by atoms with Gasteiger partial charge in [-0.15, -0.1) is 0 Å². The number of likely N-dealkylation sites (tertiary alicyclic amines) is 1. The van der Waals surface area contributed by atoms with Crippen molar-refractivity contribution in [3.8, 4) is 5.75 Å². The largest absolute Gasteiger partial charge is 0.491 e.